The number of pyridine rings is 1. The standard InChI is InChI=1S/C19H21F2N5O2/c1-10-14(9-25(3)23-10)19(27)26-6-4-5-12(8-26)15-7-13(17(20)21)16-11(2)24-28-18(16)22-15/h7,9,12,17H,4-6,8H2,1-3H3/t12-/m0/s1. The lowest BCUT2D eigenvalue weighted by Gasteiger charge is -2.32. The van der Waals surface area contributed by atoms with E-state index in [1.165, 1.54) is 6.07 Å². The number of hydrogen-bond acceptors (Lipinski definition) is 5. The zero-order valence-electron chi connectivity index (χ0n) is 15.9. The second kappa shape index (κ2) is 6.96. The lowest BCUT2D eigenvalue weighted by molar-refractivity contribution is 0.0704. The van der Waals surface area contributed by atoms with Gasteiger partial charge in [-0.05, 0) is 32.8 Å². The number of aryl methyl sites for hydroxylation is 3. The highest BCUT2D eigenvalue weighted by Gasteiger charge is 2.30. The Balaban J connectivity index is 1.64. The van der Waals surface area contributed by atoms with Gasteiger partial charge in [0.2, 0.25) is 0 Å². The Labute approximate surface area is 160 Å². The number of carbonyl (C=O) groups excluding carboxylic acids is 1. The molecule has 0 aliphatic carbocycles. The van der Waals surface area contributed by atoms with Crippen molar-refractivity contribution in [2.45, 2.75) is 39.0 Å². The van der Waals surface area contributed by atoms with Crippen molar-refractivity contribution in [3.63, 3.8) is 0 Å². The number of alkyl halides is 2. The van der Waals surface area contributed by atoms with Gasteiger partial charge in [0, 0.05) is 43.5 Å². The van der Waals surface area contributed by atoms with Crippen LogP contribution in [0.4, 0.5) is 8.78 Å². The number of likely N-dealkylation sites (tertiary alicyclic amines) is 1. The average Bonchev–Trinajstić information content (AvgIpc) is 3.22. The fraction of sp³-hybridized carbons (Fsp3) is 0.474. The third-order valence-electron chi connectivity index (χ3n) is 5.27. The van der Waals surface area contributed by atoms with E-state index in [2.05, 4.69) is 15.2 Å². The van der Waals surface area contributed by atoms with E-state index in [1.807, 2.05) is 0 Å². The van der Waals surface area contributed by atoms with Crippen LogP contribution in [0.1, 0.15) is 58.2 Å². The fourth-order valence-corrected chi connectivity index (χ4v) is 3.91. The van der Waals surface area contributed by atoms with Crippen molar-refractivity contribution in [3.05, 3.63) is 40.5 Å². The van der Waals surface area contributed by atoms with Crippen molar-refractivity contribution in [2.75, 3.05) is 13.1 Å². The Kier molecular flexibility index (Phi) is 4.60. The van der Waals surface area contributed by atoms with Gasteiger partial charge in [-0.3, -0.25) is 9.48 Å². The van der Waals surface area contributed by atoms with Gasteiger partial charge in [-0.1, -0.05) is 5.16 Å². The molecule has 28 heavy (non-hydrogen) atoms. The summed E-state index contributed by atoms with van der Waals surface area (Å²) in [6.07, 6.45) is 0.596. The quantitative estimate of drug-likeness (QED) is 0.685. The van der Waals surface area contributed by atoms with Crippen LogP contribution in [-0.2, 0) is 7.05 Å². The third kappa shape index (κ3) is 3.14. The van der Waals surface area contributed by atoms with Crippen LogP contribution in [0, 0.1) is 13.8 Å². The lowest BCUT2D eigenvalue weighted by Crippen LogP contribution is -2.39. The van der Waals surface area contributed by atoms with Gasteiger partial charge in [-0.2, -0.15) is 5.10 Å². The van der Waals surface area contributed by atoms with Gasteiger partial charge in [0.1, 0.15) is 0 Å². The van der Waals surface area contributed by atoms with Crippen LogP contribution in [0.25, 0.3) is 11.1 Å². The van der Waals surface area contributed by atoms with E-state index in [-0.39, 0.29) is 28.5 Å². The molecule has 9 heteroatoms. The van der Waals surface area contributed by atoms with Gasteiger partial charge in [0.05, 0.1) is 22.3 Å². The topological polar surface area (TPSA) is 77.0 Å². The fourth-order valence-electron chi connectivity index (χ4n) is 3.91. The molecule has 0 saturated carbocycles. The van der Waals surface area contributed by atoms with Gasteiger partial charge in [0.15, 0.2) is 0 Å². The van der Waals surface area contributed by atoms with E-state index < -0.39 is 6.43 Å². The van der Waals surface area contributed by atoms with E-state index in [1.54, 1.807) is 36.7 Å². The normalized spacial score (nSPS) is 17.6. The summed E-state index contributed by atoms with van der Waals surface area (Å²) in [5, 5.41) is 8.27. The molecule has 4 heterocycles. The number of fused-ring (bicyclic) bond motifs is 1. The van der Waals surface area contributed by atoms with Gasteiger partial charge in [-0.15, -0.1) is 0 Å². The zero-order chi connectivity index (χ0) is 20.0. The molecule has 148 valence electrons. The molecule has 1 aliphatic heterocycles. The third-order valence-corrected chi connectivity index (χ3v) is 5.27. The number of nitrogens with zero attached hydrogens (tertiary/aromatic N) is 5. The molecule has 1 saturated heterocycles. The van der Waals surface area contributed by atoms with Crippen molar-refractivity contribution in [3.8, 4) is 0 Å². The number of hydrogen-bond donors (Lipinski definition) is 0. The number of carbonyl (C=O) groups is 1. The van der Waals surface area contributed by atoms with Crippen molar-refractivity contribution in [2.24, 2.45) is 7.05 Å². The minimum Gasteiger partial charge on any atom is -0.338 e. The summed E-state index contributed by atoms with van der Waals surface area (Å²) in [6.45, 7) is 4.46. The monoisotopic (exact) mass is 389 g/mol. The van der Waals surface area contributed by atoms with E-state index in [0.717, 1.165) is 12.8 Å². The minimum atomic E-state index is -2.65. The first kappa shape index (κ1) is 18.5. The number of rotatable bonds is 3. The number of amides is 1. The zero-order valence-corrected chi connectivity index (χ0v) is 15.9. The van der Waals surface area contributed by atoms with Crippen LogP contribution in [0.2, 0.25) is 0 Å². The molecule has 7 nitrogen and oxygen atoms in total. The van der Waals surface area contributed by atoms with Crippen molar-refractivity contribution in [1.82, 2.24) is 24.8 Å². The van der Waals surface area contributed by atoms with Crippen LogP contribution in [-0.4, -0.2) is 43.8 Å². The molecular weight excluding hydrogens is 368 g/mol. The van der Waals surface area contributed by atoms with E-state index in [9.17, 15) is 13.6 Å². The molecule has 1 atom stereocenters. The highest BCUT2D eigenvalue weighted by atomic mass is 19.3. The molecule has 0 bridgehead atoms. The van der Waals surface area contributed by atoms with Crippen LogP contribution < -0.4 is 0 Å². The summed E-state index contributed by atoms with van der Waals surface area (Å²) in [5.41, 5.74) is 2.15. The second-order valence-corrected chi connectivity index (χ2v) is 7.28. The number of halogens is 2. The first-order valence-corrected chi connectivity index (χ1v) is 9.19. The average molecular weight is 389 g/mol. The molecule has 0 N–H and O–H groups in total. The van der Waals surface area contributed by atoms with E-state index >= 15 is 0 Å². The summed E-state index contributed by atoms with van der Waals surface area (Å²) in [4.78, 5) is 19.1. The molecule has 0 unspecified atom stereocenters. The molecular formula is C19H21F2N5O2. The van der Waals surface area contributed by atoms with Crippen LogP contribution in [0.15, 0.2) is 16.8 Å². The Hall–Kier alpha value is -2.84. The predicted octanol–water partition coefficient (Wildman–Crippen LogP) is 3.53. The minimum absolute atomic E-state index is 0.0963. The van der Waals surface area contributed by atoms with Crippen LogP contribution >= 0.6 is 0 Å². The molecule has 3 aromatic rings. The summed E-state index contributed by atoms with van der Waals surface area (Å²) >= 11 is 0. The van der Waals surface area contributed by atoms with Crippen molar-refractivity contribution < 1.29 is 18.1 Å². The SMILES string of the molecule is Cc1nn(C)cc1C(=O)N1CCC[C@H](c2cc(C(F)F)c3c(C)noc3n2)C1. The molecule has 1 aliphatic rings. The first-order valence-electron chi connectivity index (χ1n) is 9.19. The van der Waals surface area contributed by atoms with E-state index in [0.29, 0.717) is 35.7 Å². The van der Waals surface area contributed by atoms with E-state index in [4.69, 9.17) is 4.52 Å². The van der Waals surface area contributed by atoms with Crippen molar-refractivity contribution >= 4 is 17.0 Å². The summed E-state index contributed by atoms with van der Waals surface area (Å²) in [6, 6.07) is 1.44. The smallest absolute Gasteiger partial charge is 0.264 e. The molecule has 0 radical (unpaired) electrons. The molecule has 1 amide bonds. The Bertz CT molecular complexity index is 1040. The van der Waals surface area contributed by atoms with Crippen molar-refractivity contribution in [1.29, 1.82) is 0 Å². The lowest BCUT2D eigenvalue weighted by atomic mass is 9.92. The number of piperidine rings is 1. The predicted molar refractivity (Wildman–Crippen MR) is 97.3 cm³/mol. The van der Waals surface area contributed by atoms with Gasteiger partial charge >= 0.3 is 0 Å². The highest BCUT2D eigenvalue weighted by molar-refractivity contribution is 5.95. The summed E-state index contributed by atoms with van der Waals surface area (Å²) in [5.74, 6) is -0.233. The van der Waals surface area contributed by atoms with Crippen LogP contribution in [0.5, 0.6) is 0 Å². The summed E-state index contributed by atoms with van der Waals surface area (Å²) in [7, 11) is 1.77. The number of aromatic nitrogens is 4. The largest absolute Gasteiger partial charge is 0.338 e. The van der Waals surface area contributed by atoms with Gasteiger partial charge in [-0.25, -0.2) is 13.8 Å². The maximum Gasteiger partial charge on any atom is 0.264 e. The first-order chi connectivity index (χ1) is 13.3. The van der Waals surface area contributed by atoms with Crippen LogP contribution in [0.3, 0.4) is 0 Å². The molecule has 3 aromatic heterocycles. The van der Waals surface area contributed by atoms with Gasteiger partial charge < -0.3 is 9.42 Å². The highest BCUT2D eigenvalue weighted by Crippen LogP contribution is 2.34. The Morgan fingerprint density at radius 1 is 1.32 bits per heavy atom. The molecule has 4 rings (SSSR count). The molecule has 0 spiro atoms. The Morgan fingerprint density at radius 2 is 2.11 bits per heavy atom. The molecule has 0 aromatic carbocycles. The second-order valence-electron chi connectivity index (χ2n) is 7.28. The summed E-state index contributed by atoms with van der Waals surface area (Å²) < 4.78 is 34.0. The molecule has 1 fully saturated rings. The Morgan fingerprint density at radius 3 is 2.79 bits per heavy atom. The van der Waals surface area contributed by atoms with Gasteiger partial charge in [0.25, 0.3) is 18.0 Å². The maximum absolute atomic E-state index is 13.6. The maximum atomic E-state index is 13.6.